The number of amides is 10. The molecule has 464 valence electrons. The molecule has 5 unspecified atom stereocenters. The van der Waals surface area contributed by atoms with E-state index in [9.17, 15) is 52.3 Å². The maximum Gasteiger partial charge on any atom is 0.254 e. The molecule has 0 aromatic heterocycles. The van der Waals surface area contributed by atoms with Gasteiger partial charge in [-0.3, -0.25) is 47.9 Å². The number of benzene rings is 1. The average molecular weight is 1160 g/mol. The standard InChI is InChI=1S/C60H102FN11O10/c1-17-18-19-20-21-22-24-43(64-53(78)47-25-23-32-72(47)54(79)41-26-28-42(61)29-27-41)49(74)65-45(34-38(4)5)51(76)68-59(11,12)56(81)67-44(33-37(2)3)50(75)66-46(35-39(6)7)52(77)69-60(13,14)57(82)70-58(9,10)55(80)62-31-30-48(73)63-40(8)36-71(15)16/h26-29,37-40,43-47H,17-25,30-36H2,1-16H3,(H,62,80)(H,63,73)(H,64,78)(H,65,74)(H,66,75)(H,67,81)(H,68,76)(H,69,77)(H,70,82)/t40?,43?,44?,45?,46?,47-/m0/s1. The van der Waals surface area contributed by atoms with E-state index in [0.717, 1.165) is 32.1 Å². The maximum atomic E-state index is 14.3. The Kier molecular flexibility index (Phi) is 29.6. The van der Waals surface area contributed by atoms with Gasteiger partial charge in [-0.2, -0.15) is 0 Å². The Labute approximate surface area is 487 Å². The molecule has 9 N–H and O–H groups in total. The summed E-state index contributed by atoms with van der Waals surface area (Å²) in [5.41, 5.74) is -4.47. The first-order valence-corrected chi connectivity index (χ1v) is 29.6. The lowest BCUT2D eigenvalue weighted by Crippen LogP contribution is -2.65. The number of hydrogen-bond donors (Lipinski definition) is 9. The average Bonchev–Trinajstić information content (AvgIpc) is 4.01. The normalized spacial score (nSPS) is 15.7. The van der Waals surface area contributed by atoms with E-state index in [1.54, 1.807) is 0 Å². The molecule has 1 aromatic carbocycles. The molecule has 21 nitrogen and oxygen atoms in total. The van der Waals surface area contributed by atoms with Crippen molar-refractivity contribution in [1.29, 1.82) is 0 Å². The van der Waals surface area contributed by atoms with Crippen LogP contribution in [0, 0.1) is 23.6 Å². The zero-order chi connectivity index (χ0) is 62.3. The number of hydrogen-bond acceptors (Lipinski definition) is 11. The Morgan fingerprint density at radius 3 is 1.57 bits per heavy atom. The molecule has 10 amide bonds. The quantitative estimate of drug-likeness (QED) is 0.0426. The van der Waals surface area contributed by atoms with Gasteiger partial charge in [-0.1, -0.05) is 87.0 Å². The van der Waals surface area contributed by atoms with Crippen LogP contribution in [-0.4, -0.2) is 155 Å². The predicted octanol–water partition coefficient (Wildman–Crippen LogP) is 4.52. The van der Waals surface area contributed by atoms with Crippen LogP contribution in [0.2, 0.25) is 0 Å². The predicted molar refractivity (Wildman–Crippen MR) is 315 cm³/mol. The lowest BCUT2D eigenvalue weighted by atomic mass is 9.96. The Hall–Kier alpha value is -6.19. The van der Waals surface area contributed by atoms with Crippen molar-refractivity contribution in [3.05, 3.63) is 35.6 Å². The summed E-state index contributed by atoms with van der Waals surface area (Å²) in [6.07, 6.45) is 7.13. The molecule has 1 heterocycles. The van der Waals surface area contributed by atoms with Crippen LogP contribution in [0.1, 0.15) is 191 Å². The first-order chi connectivity index (χ1) is 38.1. The van der Waals surface area contributed by atoms with Gasteiger partial charge in [0.25, 0.3) is 5.91 Å². The van der Waals surface area contributed by atoms with Gasteiger partial charge in [-0.15, -0.1) is 0 Å². The third-order valence-corrected chi connectivity index (χ3v) is 14.1. The molecular formula is C60H102FN11O10. The van der Waals surface area contributed by atoms with Gasteiger partial charge >= 0.3 is 0 Å². The first-order valence-electron chi connectivity index (χ1n) is 29.6. The molecule has 1 aromatic rings. The molecule has 0 spiro atoms. The summed E-state index contributed by atoms with van der Waals surface area (Å²) in [6, 6.07) is -0.459. The van der Waals surface area contributed by atoms with Gasteiger partial charge in [0, 0.05) is 37.7 Å². The molecule has 1 aliphatic rings. The second kappa shape index (κ2) is 33.8. The van der Waals surface area contributed by atoms with Crippen LogP contribution >= 0.6 is 0 Å². The molecule has 0 bridgehead atoms. The highest BCUT2D eigenvalue weighted by molar-refractivity contribution is 6.01. The van der Waals surface area contributed by atoms with Gasteiger partial charge in [0.15, 0.2) is 0 Å². The minimum atomic E-state index is -1.66. The zero-order valence-corrected chi connectivity index (χ0v) is 52.2. The van der Waals surface area contributed by atoms with E-state index in [2.05, 4.69) is 54.8 Å². The van der Waals surface area contributed by atoms with Crippen LogP contribution in [0.4, 0.5) is 4.39 Å². The Morgan fingerprint density at radius 1 is 0.585 bits per heavy atom. The van der Waals surface area contributed by atoms with Crippen molar-refractivity contribution in [3.8, 4) is 0 Å². The van der Waals surface area contributed by atoms with Gasteiger partial charge in [0.1, 0.15) is 52.6 Å². The Balaban J connectivity index is 2.25. The fraction of sp³-hybridized carbons (Fsp3) is 0.733. The minimum Gasteiger partial charge on any atom is -0.354 e. The molecular weight excluding hydrogens is 1050 g/mol. The fourth-order valence-corrected chi connectivity index (χ4v) is 9.55. The topological polar surface area (TPSA) is 285 Å². The van der Waals surface area contributed by atoms with Crippen LogP contribution in [0.5, 0.6) is 0 Å². The number of rotatable bonds is 35. The molecule has 82 heavy (non-hydrogen) atoms. The molecule has 1 saturated heterocycles. The number of nitrogens with one attached hydrogen (secondary N) is 9. The maximum absolute atomic E-state index is 14.3. The van der Waals surface area contributed by atoms with Crippen LogP contribution in [0.3, 0.4) is 0 Å². The van der Waals surface area contributed by atoms with Gasteiger partial charge in [-0.25, -0.2) is 4.39 Å². The number of likely N-dealkylation sites (N-methyl/N-ethyl adjacent to an activating group) is 1. The third-order valence-electron chi connectivity index (χ3n) is 14.1. The largest absolute Gasteiger partial charge is 0.354 e. The zero-order valence-electron chi connectivity index (χ0n) is 52.2. The summed E-state index contributed by atoms with van der Waals surface area (Å²) in [6.45, 7) is 24.9. The van der Waals surface area contributed by atoms with Gasteiger partial charge in [0.05, 0.1) is 0 Å². The second-order valence-corrected chi connectivity index (χ2v) is 25.4. The van der Waals surface area contributed by atoms with Crippen LogP contribution in [0.15, 0.2) is 24.3 Å². The summed E-state index contributed by atoms with van der Waals surface area (Å²) in [7, 11) is 3.79. The number of likely N-dealkylation sites (tertiary alicyclic amines) is 1. The monoisotopic (exact) mass is 1160 g/mol. The Bertz CT molecular complexity index is 2310. The van der Waals surface area contributed by atoms with Crippen LogP contribution in [-0.2, 0) is 43.2 Å². The smallest absolute Gasteiger partial charge is 0.254 e. The van der Waals surface area contributed by atoms with Gasteiger partial charge in [-0.05, 0) is 143 Å². The lowest BCUT2D eigenvalue weighted by Gasteiger charge is -2.34. The highest BCUT2D eigenvalue weighted by atomic mass is 19.1. The highest BCUT2D eigenvalue weighted by Crippen LogP contribution is 2.22. The van der Waals surface area contributed by atoms with Crippen molar-refractivity contribution in [2.75, 3.05) is 33.7 Å². The number of carbonyl (C=O) groups is 10. The molecule has 1 aliphatic heterocycles. The number of nitrogens with zero attached hydrogens (tertiary/aromatic N) is 2. The summed E-state index contributed by atoms with van der Waals surface area (Å²) in [5.74, 6) is -6.70. The second-order valence-electron chi connectivity index (χ2n) is 25.4. The summed E-state index contributed by atoms with van der Waals surface area (Å²) >= 11 is 0. The van der Waals surface area contributed by atoms with Crippen molar-refractivity contribution in [1.82, 2.24) is 57.7 Å². The van der Waals surface area contributed by atoms with Crippen molar-refractivity contribution in [2.24, 2.45) is 17.8 Å². The molecule has 0 radical (unpaired) electrons. The number of halogens is 1. The Morgan fingerprint density at radius 2 is 1.06 bits per heavy atom. The van der Waals surface area contributed by atoms with E-state index in [-0.39, 0.29) is 73.9 Å². The summed E-state index contributed by atoms with van der Waals surface area (Å²) in [4.78, 5) is 141. The molecule has 0 saturated carbocycles. The molecule has 2 rings (SSSR count). The van der Waals surface area contributed by atoms with E-state index >= 15 is 0 Å². The third kappa shape index (κ3) is 25.1. The van der Waals surface area contributed by atoms with Crippen molar-refractivity contribution in [2.45, 2.75) is 233 Å². The van der Waals surface area contributed by atoms with Gasteiger partial charge < -0.3 is 57.7 Å². The van der Waals surface area contributed by atoms with Crippen LogP contribution < -0.4 is 47.9 Å². The van der Waals surface area contributed by atoms with Crippen molar-refractivity contribution in [3.63, 3.8) is 0 Å². The van der Waals surface area contributed by atoms with Crippen LogP contribution in [0.25, 0.3) is 0 Å². The molecule has 6 atom stereocenters. The number of carbonyl (C=O) groups excluding carboxylic acids is 10. The molecule has 0 aliphatic carbocycles. The van der Waals surface area contributed by atoms with Gasteiger partial charge in [0.2, 0.25) is 53.2 Å². The summed E-state index contributed by atoms with van der Waals surface area (Å²) in [5, 5.41) is 25.0. The fourth-order valence-electron chi connectivity index (χ4n) is 9.55. The molecule has 1 fully saturated rings. The molecule has 22 heteroatoms. The van der Waals surface area contributed by atoms with E-state index in [0.29, 0.717) is 32.4 Å². The first kappa shape index (κ1) is 71.9. The van der Waals surface area contributed by atoms with E-state index in [1.165, 1.54) is 70.7 Å². The van der Waals surface area contributed by atoms with E-state index in [4.69, 9.17) is 0 Å². The van der Waals surface area contributed by atoms with Crippen molar-refractivity contribution >= 4 is 59.1 Å². The summed E-state index contributed by atoms with van der Waals surface area (Å²) < 4.78 is 13.7. The van der Waals surface area contributed by atoms with E-state index < -0.39 is 106 Å². The minimum absolute atomic E-state index is 0.0234. The van der Waals surface area contributed by atoms with E-state index in [1.807, 2.05) is 67.5 Å². The SMILES string of the molecule is CCCCCCCCC(NC(=O)[C@@H]1CCCN1C(=O)c1ccc(F)cc1)C(=O)NC(CC(C)C)C(=O)NC(C)(C)C(=O)NC(CC(C)C)C(=O)NC(CC(C)C)C(=O)NC(C)(C)C(=O)NC(C)(C)C(=O)NCCC(=O)NC(C)CN(C)C. The van der Waals surface area contributed by atoms with Crippen molar-refractivity contribution < 1.29 is 52.3 Å². The number of unbranched alkanes of at least 4 members (excludes halogenated alkanes) is 5. The lowest BCUT2D eigenvalue weighted by molar-refractivity contribution is -0.139. The highest BCUT2D eigenvalue weighted by Gasteiger charge is 2.41.